The second-order valence-electron chi connectivity index (χ2n) is 2.69. The van der Waals surface area contributed by atoms with Gasteiger partial charge in [-0.15, -0.1) is 11.8 Å². The van der Waals surface area contributed by atoms with Crippen molar-refractivity contribution in [2.75, 3.05) is 0 Å². The first-order valence-corrected chi connectivity index (χ1v) is 4.74. The van der Waals surface area contributed by atoms with Crippen molar-refractivity contribution in [2.24, 2.45) is 10.7 Å². The Balaban J connectivity index is 2.34. The molecule has 1 aliphatic heterocycles. The molecular weight excluding hydrogens is 184 g/mol. The van der Waals surface area contributed by atoms with Gasteiger partial charge in [-0.2, -0.15) is 0 Å². The summed E-state index contributed by atoms with van der Waals surface area (Å²) < 4.78 is 0. The quantitative estimate of drug-likeness (QED) is 0.730. The largest absolute Gasteiger partial charge is 0.368 e. The SMILES string of the molecule is NC(=O)C1C=Nc2ccccc2S1. The molecule has 13 heavy (non-hydrogen) atoms. The number of rotatable bonds is 1. The van der Waals surface area contributed by atoms with Crippen LogP contribution in [0.3, 0.4) is 0 Å². The van der Waals surface area contributed by atoms with E-state index < -0.39 is 0 Å². The molecule has 0 aliphatic carbocycles. The van der Waals surface area contributed by atoms with Crippen molar-refractivity contribution in [3.63, 3.8) is 0 Å². The summed E-state index contributed by atoms with van der Waals surface area (Å²) in [6.07, 6.45) is 1.59. The number of carbonyl (C=O) groups excluding carboxylic acids is 1. The lowest BCUT2D eigenvalue weighted by atomic mass is 10.3. The highest BCUT2D eigenvalue weighted by atomic mass is 32.2. The molecule has 0 bridgehead atoms. The van der Waals surface area contributed by atoms with Crippen LogP contribution in [0.2, 0.25) is 0 Å². The second-order valence-corrected chi connectivity index (χ2v) is 3.87. The second kappa shape index (κ2) is 3.22. The third-order valence-corrected chi connectivity index (χ3v) is 2.96. The van der Waals surface area contributed by atoms with Crippen molar-refractivity contribution in [3.05, 3.63) is 24.3 Å². The van der Waals surface area contributed by atoms with E-state index in [1.54, 1.807) is 6.21 Å². The third-order valence-electron chi connectivity index (χ3n) is 1.75. The number of hydrogen-bond donors (Lipinski definition) is 1. The fourth-order valence-electron chi connectivity index (χ4n) is 1.11. The van der Waals surface area contributed by atoms with Crippen LogP contribution in [0.1, 0.15) is 0 Å². The first-order chi connectivity index (χ1) is 6.27. The van der Waals surface area contributed by atoms with Gasteiger partial charge in [0.2, 0.25) is 5.91 Å². The molecule has 1 unspecified atom stereocenters. The van der Waals surface area contributed by atoms with Gasteiger partial charge in [0.1, 0.15) is 5.25 Å². The molecule has 4 heteroatoms. The average Bonchev–Trinajstić information content (AvgIpc) is 2.17. The van der Waals surface area contributed by atoms with Crippen molar-refractivity contribution in [1.29, 1.82) is 0 Å². The Hall–Kier alpha value is -1.29. The Morgan fingerprint density at radius 2 is 2.23 bits per heavy atom. The maximum atomic E-state index is 10.9. The molecular formula is C9H8N2OS. The maximum Gasteiger partial charge on any atom is 0.236 e. The molecule has 2 rings (SSSR count). The third kappa shape index (κ3) is 1.58. The Labute approximate surface area is 80.0 Å². The molecule has 0 saturated heterocycles. The summed E-state index contributed by atoms with van der Waals surface area (Å²) in [5.41, 5.74) is 6.08. The van der Waals surface area contributed by atoms with E-state index >= 15 is 0 Å². The van der Waals surface area contributed by atoms with Gasteiger partial charge in [0.05, 0.1) is 5.69 Å². The Morgan fingerprint density at radius 1 is 1.46 bits per heavy atom. The zero-order chi connectivity index (χ0) is 9.26. The minimum Gasteiger partial charge on any atom is -0.368 e. The highest BCUT2D eigenvalue weighted by molar-refractivity contribution is 8.01. The van der Waals surface area contributed by atoms with Crippen LogP contribution in [-0.2, 0) is 4.79 Å². The van der Waals surface area contributed by atoms with Crippen LogP contribution in [0.15, 0.2) is 34.2 Å². The molecule has 66 valence electrons. The summed E-state index contributed by atoms with van der Waals surface area (Å²) in [6.45, 7) is 0. The molecule has 0 spiro atoms. The fourth-order valence-corrected chi connectivity index (χ4v) is 2.02. The summed E-state index contributed by atoms with van der Waals surface area (Å²) >= 11 is 1.44. The molecule has 0 radical (unpaired) electrons. The first-order valence-electron chi connectivity index (χ1n) is 3.86. The van der Waals surface area contributed by atoms with Gasteiger partial charge in [0.25, 0.3) is 0 Å². The minimum atomic E-state index is -0.344. The smallest absolute Gasteiger partial charge is 0.236 e. The number of para-hydroxylation sites is 1. The van der Waals surface area contributed by atoms with Gasteiger partial charge >= 0.3 is 0 Å². The van der Waals surface area contributed by atoms with Crippen molar-refractivity contribution >= 4 is 29.6 Å². The molecule has 0 fully saturated rings. The van der Waals surface area contributed by atoms with E-state index in [-0.39, 0.29) is 11.2 Å². The molecule has 1 heterocycles. The van der Waals surface area contributed by atoms with E-state index in [4.69, 9.17) is 5.73 Å². The summed E-state index contributed by atoms with van der Waals surface area (Å²) in [5, 5.41) is -0.324. The van der Waals surface area contributed by atoms with Crippen LogP contribution < -0.4 is 5.73 Å². The molecule has 1 atom stereocenters. The zero-order valence-corrected chi connectivity index (χ0v) is 7.62. The molecule has 1 aromatic rings. The summed E-state index contributed by atoms with van der Waals surface area (Å²) in [6, 6.07) is 7.69. The highest BCUT2D eigenvalue weighted by Crippen LogP contribution is 2.35. The number of primary amides is 1. The Morgan fingerprint density at radius 3 is 3.00 bits per heavy atom. The molecule has 1 aromatic carbocycles. The van der Waals surface area contributed by atoms with Crippen molar-refractivity contribution < 1.29 is 4.79 Å². The van der Waals surface area contributed by atoms with Crippen LogP contribution in [0.4, 0.5) is 5.69 Å². The van der Waals surface area contributed by atoms with Crippen molar-refractivity contribution in [1.82, 2.24) is 0 Å². The number of nitrogens with two attached hydrogens (primary N) is 1. The lowest BCUT2D eigenvalue weighted by Crippen LogP contribution is -2.27. The number of benzene rings is 1. The Kier molecular flexibility index (Phi) is 2.06. The van der Waals surface area contributed by atoms with E-state index in [9.17, 15) is 4.79 Å². The number of amides is 1. The molecule has 0 saturated carbocycles. The summed E-state index contributed by atoms with van der Waals surface area (Å²) in [4.78, 5) is 16.0. The average molecular weight is 192 g/mol. The molecule has 1 amide bonds. The molecule has 1 aliphatic rings. The van der Waals surface area contributed by atoms with Crippen molar-refractivity contribution in [3.8, 4) is 0 Å². The van der Waals surface area contributed by atoms with Crippen LogP contribution in [0, 0.1) is 0 Å². The number of carbonyl (C=O) groups is 1. The van der Waals surface area contributed by atoms with Crippen LogP contribution in [0.25, 0.3) is 0 Å². The fraction of sp³-hybridized carbons (Fsp3) is 0.111. The highest BCUT2D eigenvalue weighted by Gasteiger charge is 2.19. The van der Waals surface area contributed by atoms with Gasteiger partial charge in [-0.05, 0) is 12.1 Å². The summed E-state index contributed by atoms with van der Waals surface area (Å²) in [7, 11) is 0. The number of aliphatic imine (C=N–C) groups is 1. The van der Waals surface area contributed by atoms with E-state index in [0.717, 1.165) is 10.6 Å². The topological polar surface area (TPSA) is 55.5 Å². The molecule has 0 aromatic heterocycles. The Bertz CT molecular complexity index is 376. The van der Waals surface area contributed by atoms with Gasteiger partial charge < -0.3 is 5.73 Å². The molecule has 3 nitrogen and oxygen atoms in total. The number of fused-ring (bicyclic) bond motifs is 1. The zero-order valence-electron chi connectivity index (χ0n) is 6.81. The van der Waals surface area contributed by atoms with Crippen molar-refractivity contribution in [2.45, 2.75) is 10.1 Å². The standard InChI is InChI=1S/C9H8N2OS/c10-9(12)8-5-11-6-3-1-2-4-7(6)13-8/h1-5,8H,(H2,10,12). The number of nitrogens with zero attached hydrogens (tertiary/aromatic N) is 1. The van der Waals surface area contributed by atoms with Crippen LogP contribution in [0.5, 0.6) is 0 Å². The van der Waals surface area contributed by atoms with Gasteiger partial charge in [0, 0.05) is 11.1 Å². The lowest BCUT2D eigenvalue weighted by Gasteiger charge is -2.14. The van der Waals surface area contributed by atoms with E-state index in [0.29, 0.717) is 0 Å². The number of thioether (sulfide) groups is 1. The normalized spacial score (nSPS) is 19.5. The molecule has 2 N–H and O–H groups in total. The number of hydrogen-bond acceptors (Lipinski definition) is 3. The lowest BCUT2D eigenvalue weighted by molar-refractivity contribution is -0.116. The van der Waals surface area contributed by atoms with Gasteiger partial charge in [-0.25, -0.2) is 0 Å². The van der Waals surface area contributed by atoms with Crippen LogP contribution >= 0.6 is 11.8 Å². The van der Waals surface area contributed by atoms with E-state index in [1.165, 1.54) is 11.8 Å². The van der Waals surface area contributed by atoms with Gasteiger partial charge in [-0.3, -0.25) is 9.79 Å². The first kappa shape index (κ1) is 8.31. The van der Waals surface area contributed by atoms with Crippen LogP contribution in [-0.4, -0.2) is 17.4 Å². The predicted molar refractivity (Wildman–Crippen MR) is 53.4 cm³/mol. The predicted octanol–water partition coefficient (Wildman–Crippen LogP) is 1.35. The van der Waals surface area contributed by atoms with E-state index in [2.05, 4.69) is 4.99 Å². The monoisotopic (exact) mass is 192 g/mol. The van der Waals surface area contributed by atoms with E-state index in [1.807, 2.05) is 24.3 Å². The van der Waals surface area contributed by atoms with Gasteiger partial charge in [0.15, 0.2) is 0 Å². The maximum absolute atomic E-state index is 10.9. The van der Waals surface area contributed by atoms with Gasteiger partial charge in [-0.1, -0.05) is 12.1 Å². The summed E-state index contributed by atoms with van der Waals surface area (Å²) in [5.74, 6) is -0.344. The minimum absolute atomic E-state index is 0.324.